The molecule has 0 radical (unpaired) electrons. The van der Waals surface area contributed by atoms with Crippen LogP contribution in [0.1, 0.15) is 16.8 Å². The second-order valence-corrected chi connectivity index (χ2v) is 7.24. The Balaban J connectivity index is 2.75. The summed E-state index contributed by atoms with van der Waals surface area (Å²) in [6.07, 6.45) is 1.07. The summed E-state index contributed by atoms with van der Waals surface area (Å²) in [6.45, 7) is 0. The van der Waals surface area contributed by atoms with E-state index in [1.165, 1.54) is 18.2 Å². The first-order chi connectivity index (χ1) is 9.60. The Bertz CT molecular complexity index is 660. The molecule has 0 aliphatic rings. The van der Waals surface area contributed by atoms with Gasteiger partial charge in [-0.25, -0.2) is 8.42 Å². The molecule has 21 heavy (non-hydrogen) atoms. The summed E-state index contributed by atoms with van der Waals surface area (Å²) in [5.74, 6) is -1.47. The maximum Gasteiger partial charge on any atom is 0.250 e. The van der Waals surface area contributed by atoms with Gasteiger partial charge in [-0.15, -0.1) is 0 Å². The number of nitrogens with two attached hydrogens (primary N) is 2. The molecule has 0 heterocycles. The van der Waals surface area contributed by atoms with Crippen molar-refractivity contribution in [3.05, 3.63) is 28.8 Å². The van der Waals surface area contributed by atoms with Crippen molar-refractivity contribution in [3.63, 3.8) is 0 Å². The average molecular weight is 334 g/mol. The lowest BCUT2D eigenvalue weighted by Crippen LogP contribution is -2.37. The van der Waals surface area contributed by atoms with Crippen LogP contribution in [0.2, 0.25) is 5.02 Å². The van der Waals surface area contributed by atoms with Gasteiger partial charge in [0.15, 0.2) is 0 Å². The highest BCUT2D eigenvalue weighted by atomic mass is 35.5. The van der Waals surface area contributed by atoms with Crippen molar-refractivity contribution in [1.82, 2.24) is 0 Å². The van der Waals surface area contributed by atoms with Crippen LogP contribution in [0.3, 0.4) is 0 Å². The second-order valence-electron chi connectivity index (χ2n) is 4.57. The Hall–Kier alpha value is -1.64. The lowest BCUT2D eigenvalue weighted by molar-refractivity contribution is -0.117. The van der Waals surface area contributed by atoms with E-state index in [1.54, 1.807) is 0 Å². The quantitative estimate of drug-likeness (QED) is 0.681. The maximum atomic E-state index is 11.8. The summed E-state index contributed by atoms with van der Waals surface area (Å²) in [4.78, 5) is 23.0. The molecule has 0 saturated heterocycles. The molecule has 9 heteroatoms. The van der Waals surface area contributed by atoms with E-state index in [9.17, 15) is 18.0 Å². The number of carbonyl (C=O) groups is 2. The lowest BCUT2D eigenvalue weighted by atomic mass is 10.1. The Kier molecular flexibility index (Phi) is 5.70. The van der Waals surface area contributed by atoms with Crippen LogP contribution in [0.4, 0.5) is 5.69 Å². The predicted octanol–water partition coefficient (Wildman–Crippen LogP) is 0.139. The second kappa shape index (κ2) is 6.88. The van der Waals surface area contributed by atoms with Crippen LogP contribution in [0, 0.1) is 0 Å². The molecule has 0 aliphatic heterocycles. The third-order valence-electron chi connectivity index (χ3n) is 2.64. The predicted molar refractivity (Wildman–Crippen MR) is 80.9 cm³/mol. The molecular formula is C12H16ClN3O4S. The number of sulfone groups is 1. The fourth-order valence-electron chi connectivity index (χ4n) is 1.50. The van der Waals surface area contributed by atoms with E-state index in [4.69, 9.17) is 23.1 Å². The topological polar surface area (TPSA) is 132 Å². The van der Waals surface area contributed by atoms with Crippen LogP contribution in [0.5, 0.6) is 0 Å². The smallest absolute Gasteiger partial charge is 0.250 e. The van der Waals surface area contributed by atoms with Gasteiger partial charge in [-0.3, -0.25) is 9.59 Å². The summed E-state index contributed by atoms with van der Waals surface area (Å²) >= 11 is 5.79. The van der Waals surface area contributed by atoms with Gasteiger partial charge in [0.1, 0.15) is 9.84 Å². The van der Waals surface area contributed by atoms with Crippen molar-refractivity contribution in [2.24, 2.45) is 11.5 Å². The zero-order valence-electron chi connectivity index (χ0n) is 11.3. The molecule has 1 rings (SSSR count). The Labute approximate surface area is 127 Å². The normalized spacial score (nSPS) is 12.7. The summed E-state index contributed by atoms with van der Waals surface area (Å²) in [5, 5.41) is 2.64. The zero-order chi connectivity index (χ0) is 16.2. The number of anilines is 1. The van der Waals surface area contributed by atoms with Crippen LogP contribution < -0.4 is 16.8 Å². The summed E-state index contributed by atoms with van der Waals surface area (Å²) in [7, 11) is -3.19. The number of nitrogens with one attached hydrogen (secondary N) is 1. The van der Waals surface area contributed by atoms with Crippen LogP contribution in [-0.2, 0) is 14.6 Å². The molecule has 0 bridgehead atoms. The molecule has 1 atom stereocenters. The molecule has 0 fully saturated rings. The van der Waals surface area contributed by atoms with E-state index in [2.05, 4.69) is 5.32 Å². The number of hydrogen-bond donors (Lipinski definition) is 3. The third kappa shape index (κ3) is 5.70. The van der Waals surface area contributed by atoms with E-state index in [-0.39, 0.29) is 22.8 Å². The van der Waals surface area contributed by atoms with Gasteiger partial charge in [-0.05, 0) is 24.6 Å². The van der Waals surface area contributed by atoms with Gasteiger partial charge in [-0.2, -0.15) is 0 Å². The van der Waals surface area contributed by atoms with Crippen molar-refractivity contribution in [2.75, 3.05) is 17.3 Å². The maximum absolute atomic E-state index is 11.8. The monoisotopic (exact) mass is 333 g/mol. The van der Waals surface area contributed by atoms with Crippen molar-refractivity contribution in [2.45, 2.75) is 12.5 Å². The highest BCUT2D eigenvalue weighted by Gasteiger charge is 2.17. The fraction of sp³-hybridized carbons (Fsp3) is 0.333. The summed E-state index contributed by atoms with van der Waals surface area (Å²) < 4.78 is 22.0. The van der Waals surface area contributed by atoms with Gasteiger partial charge in [0.05, 0.1) is 22.4 Å². The highest BCUT2D eigenvalue weighted by Crippen LogP contribution is 2.20. The van der Waals surface area contributed by atoms with E-state index in [0.717, 1.165) is 6.26 Å². The van der Waals surface area contributed by atoms with Crippen LogP contribution >= 0.6 is 11.6 Å². The molecule has 0 aromatic heterocycles. The van der Waals surface area contributed by atoms with Gasteiger partial charge in [0.2, 0.25) is 11.8 Å². The van der Waals surface area contributed by atoms with Crippen LogP contribution in [-0.4, -0.2) is 38.3 Å². The number of hydrogen-bond acceptors (Lipinski definition) is 5. The van der Waals surface area contributed by atoms with Crippen molar-refractivity contribution >= 4 is 38.9 Å². The molecule has 5 N–H and O–H groups in total. The van der Waals surface area contributed by atoms with E-state index < -0.39 is 27.7 Å². The number of benzene rings is 1. The summed E-state index contributed by atoms with van der Waals surface area (Å²) in [6, 6.07) is 3.24. The van der Waals surface area contributed by atoms with Crippen molar-refractivity contribution in [3.8, 4) is 0 Å². The molecule has 1 unspecified atom stereocenters. The molecule has 7 nitrogen and oxygen atoms in total. The number of rotatable bonds is 6. The molecule has 0 saturated carbocycles. The largest absolute Gasteiger partial charge is 0.366 e. The van der Waals surface area contributed by atoms with E-state index in [1.807, 2.05) is 0 Å². The van der Waals surface area contributed by atoms with E-state index in [0.29, 0.717) is 5.69 Å². The van der Waals surface area contributed by atoms with Gasteiger partial charge < -0.3 is 16.8 Å². The molecule has 1 aromatic rings. The zero-order valence-corrected chi connectivity index (χ0v) is 12.9. The SMILES string of the molecule is CS(=O)(=O)CCC(N)C(=O)Nc1ccc(Cl)c(C(N)=O)c1. The first-order valence-electron chi connectivity index (χ1n) is 5.93. The standard InChI is InChI=1S/C12H16ClN3O4S/c1-21(19,20)5-4-10(14)12(18)16-7-2-3-9(13)8(6-7)11(15)17/h2-3,6,10H,4-5,14H2,1H3,(H2,15,17)(H,16,18). The molecule has 1 aromatic carbocycles. The van der Waals surface area contributed by atoms with E-state index >= 15 is 0 Å². The third-order valence-corrected chi connectivity index (χ3v) is 3.94. The molecule has 0 aliphatic carbocycles. The lowest BCUT2D eigenvalue weighted by Gasteiger charge is -2.12. The van der Waals surface area contributed by atoms with Gasteiger partial charge in [-0.1, -0.05) is 11.6 Å². The number of carbonyl (C=O) groups excluding carboxylic acids is 2. The fourth-order valence-corrected chi connectivity index (χ4v) is 2.39. The van der Waals surface area contributed by atoms with Gasteiger partial charge in [0.25, 0.3) is 0 Å². The minimum Gasteiger partial charge on any atom is -0.366 e. The van der Waals surface area contributed by atoms with Gasteiger partial charge in [0, 0.05) is 11.9 Å². The van der Waals surface area contributed by atoms with Crippen molar-refractivity contribution in [1.29, 1.82) is 0 Å². The van der Waals surface area contributed by atoms with Gasteiger partial charge >= 0.3 is 0 Å². The highest BCUT2D eigenvalue weighted by molar-refractivity contribution is 7.90. The first kappa shape index (κ1) is 17.4. The first-order valence-corrected chi connectivity index (χ1v) is 8.37. The molecule has 0 spiro atoms. The Morgan fingerprint density at radius 2 is 2.00 bits per heavy atom. The Morgan fingerprint density at radius 3 is 2.52 bits per heavy atom. The molecule has 116 valence electrons. The molecule has 2 amide bonds. The van der Waals surface area contributed by atoms with Crippen LogP contribution in [0.15, 0.2) is 18.2 Å². The molecular weight excluding hydrogens is 318 g/mol. The van der Waals surface area contributed by atoms with Crippen LogP contribution in [0.25, 0.3) is 0 Å². The average Bonchev–Trinajstić information content (AvgIpc) is 2.36. The minimum absolute atomic E-state index is 0.000926. The number of halogens is 1. The van der Waals surface area contributed by atoms with Crippen molar-refractivity contribution < 1.29 is 18.0 Å². The Morgan fingerprint density at radius 1 is 1.38 bits per heavy atom. The number of amides is 2. The minimum atomic E-state index is -3.19. The summed E-state index contributed by atoms with van der Waals surface area (Å²) in [5.41, 5.74) is 11.1. The number of primary amides is 1.